The van der Waals surface area contributed by atoms with Crippen LogP contribution in [0.5, 0.6) is 0 Å². The Morgan fingerprint density at radius 1 is 1.19 bits per heavy atom. The Kier molecular flexibility index (Phi) is 4.05. The Hall–Kier alpha value is -1.70. The second-order valence-corrected chi connectivity index (χ2v) is 6.40. The molecule has 2 aromatic heterocycles. The van der Waals surface area contributed by atoms with E-state index in [0.717, 1.165) is 11.4 Å². The lowest BCUT2D eigenvalue weighted by molar-refractivity contribution is 0.488. The van der Waals surface area contributed by atoms with Crippen molar-refractivity contribution < 1.29 is 0 Å². The van der Waals surface area contributed by atoms with Crippen molar-refractivity contribution in [2.45, 2.75) is 26.4 Å². The summed E-state index contributed by atoms with van der Waals surface area (Å²) in [5.41, 5.74) is 2.29. The summed E-state index contributed by atoms with van der Waals surface area (Å²) in [5.74, 6) is 0.919. The fourth-order valence-electron chi connectivity index (χ4n) is 2.23. The van der Waals surface area contributed by atoms with Crippen LogP contribution in [0, 0.1) is 3.57 Å². The highest BCUT2D eigenvalue weighted by atomic mass is 127. The fraction of sp³-hybridized carbons (Fsp3) is 0.267. The molecular formula is C15H16IN5. The van der Waals surface area contributed by atoms with Gasteiger partial charge in [0.25, 0.3) is 0 Å². The molecule has 0 aliphatic rings. The highest BCUT2D eigenvalue weighted by Gasteiger charge is 2.09. The van der Waals surface area contributed by atoms with Crippen molar-refractivity contribution in [1.29, 1.82) is 0 Å². The second-order valence-electron chi connectivity index (χ2n) is 5.15. The molecule has 0 spiro atoms. The van der Waals surface area contributed by atoms with Gasteiger partial charge in [-0.15, -0.1) is 0 Å². The Balaban J connectivity index is 1.84. The number of benzene rings is 1. The van der Waals surface area contributed by atoms with Crippen LogP contribution >= 0.6 is 22.6 Å². The van der Waals surface area contributed by atoms with Gasteiger partial charge in [0.2, 0.25) is 0 Å². The number of nitrogens with zero attached hydrogens (tertiary/aromatic N) is 5. The van der Waals surface area contributed by atoms with Gasteiger partial charge in [0.15, 0.2) is 0 Å². The van der Waals surface area contributed by atoms with Crippen LogP contribution in [0.3, 0.4) is 0 Å². The second kappa shape index (κ2) is 5.97. The zero-order valence-corrected chi connectivity index (χ0v) is 14.1. The molecular weight excluding hydrogens is 377 g/mol. The van der Waals surface area contributed by atoms with Crippen LogP contribution in [0.25, 0.3) is 11.1 Å². The molecule has 0 atom stereocenters. The van der Waals surface area contributed by atoms with Gasteiger partial charge in [-0.2, -0.15) is 10.2 Å². The molecule has 21 heavy (non-hydrogen) atoms. The maximum absolute atomic E-state index is 4.43. The van der Waals surface area contributed by atoms with Crippen LogP contribution in [0.4, 0.5) is 0 Å². The topological polar surface area (TPSA) is 48.5 Å². The molecule has 108 valence electrons. The lowest BCUT2D eigenvalue weighted by Gasteiger charge is -2.09. The summed E-state index contributed by atoms with van der Waals surface area (Å²) in [6, 6.07) is 8.69. The van der Waals surface area contributed by atoms with E-state index in [4.69, 9.17) is 0 Å². The molecule has 2 heterocycles. The van der Waals surface area contributed by atoms with Gasteiger partial charge in [0.05, 0.1) is 6.20 Å². The smallest absolute Gasteiger partial charge is 0.148 e. The van der Waals surface area contributed by atoms with E-state index < -0.39 is 0 Å². The van der Waals surface area contributed by atoms with Crippen molar-refractivity contribution in [2.24, 2.45) is 0 Å². The first-order valence-corrected chi connectivity index (χ1v) is 7.88. The van der Waals surface area contributed by atoms with Gasteiger partial charge in [-0.25, -0.2) is 9.67 Å². The molecule has 0 saturated carbocycles. The Morgan fingerprint density at radius 3 is 2.81 bits per heavy atom. The minimum absolute atomic E-state index is 0.299. The van der Waals surface area contributed by atoms with E-state index in [9.17, 15) is 0 Å². The molecule has 5 nitrogen and oxygen atoms in total. The van der Waals surface area contributed by atoms with E-state index in [2.05, 4.69) is 75.9 Å². The monoisotopic (exact) mass is 393 g/mol. The van der Waals surface area contributed by atoms with E-state index >= 15 is 0 Å². The molecule has 0 aliphatic heterocycles. The fourth-order valence-corrected chi connectivity index (χ4v) is 2.77. The van der Waals surface area contributed by atoms with Gasteiger partial charge in [0, 0.05) is 21.4 Å². The number of rotatable bonds is 4. The highest BCUT2D eigenvalue weighted by molar-refractivity contribution is 14.1. The predicted molar refractivity (Wildman–Crippen MR) is 89.9 cm³/mol. The van der Waals surface area contributed by atoms with Crippen molar-refractivity contribution in [3.8, 4) is 11.1 Å². The lowest BCUT2D eigenvalue weighted by Crippen LogP contribution is -2.12. The van der Waals surface area contributed by atoms with Crippen molar-refractivity contribution >= 4 is 22.6 Å². The van der Waals surface area contributed by atoms with Crippen LogP contribution in [0.15, 0.2) is 43.0 Å². The van der Waals surface area contributed by atoms with E-state index in [-0.39, 0.29) is 0 Å². The van der Waals surface area contributed by atoms with E-state index in [1.54, 1.807) is 6.33 Å². The molecule has 0 aliphatic carbocycles. The average Bonchev–Trinajstić information content (AvgIpc) is 3.08. The molecule has 6 heteroatoms. The molecule has 1 aromatic carbocycles. The van der Waals surface area contributed by atoms with Crippen molar-refractivity contribution in [3.05, 3.63) is 52.4 Å². The van der Waals surface area contributed by atoms with Gasteiger partial charge in [-0.1, -0.05) is 12.1 Å². The largest absolute Gasteiger partial charge is 0.264 e. The number of aromatic nitrogens is 5. The lowest BCUT2D eigenvalue weighted by atomic mass is 10.1. The number of halogens is 1. The Labute approximate surface area is 137 Å². The van der Waals surface area contributed by atoms with Gasteiger partial charge in [-0.3, -0.25) is 4.68 Å². The summed E-state index contributed by atoms with van der Waals surface area (Å²) < 4.78 is 5.04. The van der Waals surface area contributed by atoms with Crippen molar-refractivity contribution in [3.63, 3.8) is 0 Å². The van der Waals surface area contributed by atoms with Gasteiger partial charge >= 0.3 is 0 Å². The number of hydrogen-bond donors (Lipinski definition) is 0. The number of hydrogen-bond acceptors (Lipinski definition) is 3. The Morgan fingerprint density at radius 2 is 2.05 bits per heavy atom. The molecule has 3 aromatic rings. The third-order valence-electron chi connectivity index (χ3n) is 3.23. The Bertz CT molecular complexity index is 744. The standard InChI is InChI=1S/C15H16IN5/c1-11(2)21-15(17-10-19-21)9-20-8-13(7-18-20)12-4-3-5-14(16)6-12/h3-8,10-11H,9H2,1-2H3. The zero-order chi connectivity index (χ0) is 14.8. The van der Waals surface area contributed by atoms with Crippen LogP contribution in [0.2, 0.25) is 0 Å². The van der Waals surface area contributed by atoms with E-state index in [1.807, 2.05) is 21.8 Å². The maximum Gasteiger partial charge on any atom is 0.148 e. The summed E-state index contributed by atoms with van der Waals surface area (Å²) in [5, 5.41) is 8.68. The molecule has 0 N–H and O–H groups in total. The minimum atomic E-state index is 0.299. The van der Waals surface area contributed by atoms with Crippen molar-refractivity contribution in [2.75, 3.05) is 0 Å². The molecule has 0 bridgehead atoms. The summed E-state index contributed by atoms with van der Waals surface area (Å²) >= 11 is 2.32. The summed E-state index contributed by atoms with van der Waals surface area (Å²) in [4.78, 5) is 4.32. The SMILES string of the molecule is CC(C)n1ncnc1Cn1cc(-c2cccc(I)c2)cn1. The zero-order valence-electron chi connectivity index (χ0n) is 11.9. The van der Waals surface area contributed by atoms with Crippen LogP contribution in [-0.4, -0.2) is 24.5 Å². The van der Waals surface area contributed by atoms with E-state index in [0.29, 0.717) is 12.6 Å². The van der Waals surface area contributed by atoms with Crippen LogP contribution in [0.1, 0.15) is 25.7 Å². The first-order valence-electron chi connectivity index (χ1n) is 6.80. The summed E-state index contributed by atoms with van der Waals surface area (Å²) in [6.45, 7) is 4.82. The molecule has 0 fully saturated rings. The normalized spacial score (nSPS) is 11.2. The van der Waals surface area contributed by atoms with Crippen LogP contribution < -0.4 is 0 Å². The molecule has 0 radical (unpaired) electrons. The first-order chi connectivity index (χ1) is 10.1. The maximum atomic E-state index is 4.43. The molecule has 0 amide bonds. The van der Waals surface area contributed by atoms with Crippen molar-refractivity contribution in [1.82, 2.24) is 24.5 Å². The minimum Gasteiger partial charge on any atom is -0.264 e. The third-order valence-corrected chi connectivity index (χ3v) is 3.90. The first kappa shape index (κ1) is 14.2. The average molecular weight is 393 g/mol. The third kappa shape index (κ3) is 3.15. The van der Waals surface area contributed by atoms with Gasteiger partial charge < -0.3 is 0 Å². The highest BCUT2D eigenvalue weighted by Crippen LogP contribution is 2.21. The quantitative estimate of drug-likeness (QED) is 0.639. The van der Waals surface area contributed by atoms with Gasteiger partial charge in [-0.05, 0) is 54.1 Å². The molecule has 3 rings (SSSR count). The van der Waals surface area contributed by atoms with E-state index in [1.165, 1.54) is 9.13 Å². The molecule has 0 unspecified atom stereocenters. The predicted octanol–water partition coefficient (Wildman–Crippen LogP) is 3.38. The summed E-state index contributed by atoms with van der Waals surface area (Å²) in [7, 11) is 0. The van der Waals surface area contributed by atoms with Crippen LogP contribution in [-0.2, 0) is 6.54 Å². The molecule has 0 saturated heterocycles. The summed E-state index contributed by atoms with van der Waals surface area (Å²) in [6.07, 6.45) is 5.53. The van der Waals surface area contributed by atoms with Gasteiger partial charge in [0.1, 0.15) is 18.7 Å².